The lowest BCUT2D eigenvalue weighted by Gasteiger charge is -2.26. The molecule has 0 unspecified atom stereocenters. The van der Waals surface area contributed by atoms with Crippen LogP contribution in [0.25, 0.3) is 0 Å². The first-order chi connectivity index (χ1) is 14.7. The minimum Gasteiger partial charge on any atom is -0.486 e. The number of hydrogen-bond acceptors (Lipinski definition) is 6. The van der Waals surface area contributed by atoms with Crippen molar-refractivity contribution in [1.82, 2.24) is 15.2 Å². The molecule has 1 atom stereocenters. The number of aromatic nitrogens is 1. The fourth-order valence-corrected chi connectivity index (χ4v) is 4.44. The van der Waals surface area contributed by atoms with Gasteiger partial charge in [-0.25, -0.2) is 0 Å². The molecule has 0 aliphatic carbocycles. The van der Waals surface area contributed by atoms with Crippen LogP contribution in [-0.4, -0.2) is 53.3 Å². The smallest absolute Gasteiger partial charge is 0.223 e. The number of carbonyl (C=O) groups is 2. The van der Waals surface area contributed by atoms with E-state index in [1.807, 2.05) is 35.2 Å². The Morgan fingerprint density at radius 3 is 2.73 bits per heavy atom. The highest BCUT2D eigenvalue weighted by Crippen LogP contribution is 2.34. The lowest BCUT2D eigenvalue weighted by molar-refractivity contribution is -0.132. The Bertz CT molecular complexity index is 893. The second kappa shape index (κ2) is 9.84. The number of ether oxygens (including phenoxy) is 2. The van der Waals surface area contributed by atoms with Crippen molar-refractivity contribution in [2.45, 2.75) is 36.7 Å². The van der Waals surface area contributed by atoms with E-state index in [4.69, 9.17) is 9.47 Å². The highest BCUT2D eigenvalue weighted by atomic mass is 32.2. The molecule has 2 amide bonds. The fraction of sp³-hybridized carbons (Fsp3) is 0.409. The third-order valence-corrected chi connectivity index (χ3v) is 6.10. The summed E-state index contributed by atoms with van der Waals surface area (Å²) in [6.07, 6.45) is 5.18. The molecule has 8 heteroatoms. The number of benzene rings is 1. The summed E-state index contributed by atoms with van der Waals surface area (Å²) in [5.41, 5.74) is 1.03. The van der Waals surface area contributed by atoms with Gasteiger partial charge in [-0.15, -0.1) is 11.8 Å². The number of carbonyl (C=O) groups excluding carboxylic acids is 2. The summed E-state index contributed by atoms with van der Waals surface area (Å²) in [6.45, 7) is 2.17. The van der Waals surface area contributed by atoms with Crippen LogP contribution in [0.15, 0.2) is 47.6 Å². The number of rotatable bonds is 8. The van der Waals surface area contributed by atoms with Crippen molar-refractivity contribution in [2.75, 3.05) is 25.5 Å². The van der Waals surface area contributed by atoms with Crippen LogP contribution in [0.4, 0.5) is 0 Å². The van der Waals surface area contributed by atoms with E-state index in [0.717, 1.165) is 28.4 Å². The van der Waals surface area contributed by atoms with Gasteiger partial charge in [0, 0.05) is 55.0 Å². The zero-order valence-electron chi connectivity index (χ0n) is 16.7. The predicted octanol–water partition coefficient (Wildman–Crippen LogP) is 2.64. The van der Waals surface area contributed by atoms with Crippen LogP contribution < -0.4 is 14.8 Å². The molecule has 7 nitrogen and oxygen atoms in total. The number of pyridine rings is 1. The molecule has 1 saturated heterocycles. The van der Waals surface area contributed by atoms with Gasteiger partial charge < -0.3 is 19.7 Å². The van der Waals surface area contributed by atoms with E-state index >= 15 is 0 Å². The molecule has 30 heavy (non-hydrogen) atoms. The zero-order valence-corrected chi connectivity index (χ0v) is 17.5. The number of amides is 2. The quantitative estimate of drug-likeness (QED) is 0.653. The van der Waals surface area contributed by atoms with E-state index in [2.05, 4.69) is 10.3 Å². The minimum absolute atomic E-state index is 0.0220. The van der Waals surface area contributed by atoms with Crippen LogP contribution in [0, 0.1) is 0 Å². The number of nitrogens with zero attached hydrogens (tertiary/aromatic N) is 2. The lowest BCUT2D eigenvalue weighted by Crippen LogP contribution is -2.41. The Hall–Kier alpha value is -2.74. The maximum absolute atomic E-state index is 13.0. The normalized spacial score (nSPS) is 17.5. The molecule has 0 saturated carbocycles. The van der Waals surface area contributed by atoms with Gasteiger partial charge in [0.25, 0.3) is 0 Å². The molecule has 4 rings (SSSR count). The SMILES string of the molecule is O=C1CC[C@@H](CN(Cc2ccncc2)C(=O)CCSc2ccc3c(c2)OCCO3)N1. The summed E-state index contributed by atoms with van der Waals surface area (Å²) >= 11 is 1.63. The second-order valence-electron chi connectivity index (χ2n) is 7.34. The van der Waals surface area contributed by atoms with Crippen molar-refractivity contribution in [3.8, 4) is 11.5 Å². The van der Waals surface area contributed by atoms with Crippen molar-refractivity contribution in [1.29, 1.82) is 0 Å². The van der Waals surface area contributed by atoms with E-state index in [-0.39, 0.29) is 17.9 Å². The molecule has 0 bridgehead atoms. The molecule has 3 heterocycles. The number of nitrogens with one attached hydrogen (secondary N) is 1. The molecule has 1 fully saturated rings. The average Bonchev–Trinajstić information content (AvgIpc) is 3.18. The van der Waals surface area contributed by atoms with Crippen molar-refractivity contribution in [3.05, 3.63) is 48.3 Å². The maximum Gasteiger partial charge on any atom is 0.223 e. The van der Waals surface area contributed by atoms with Crippen molar-refractivity contribution < 1.29 is 19.1 Å². The van der Waals surface area contributed by atoms with Crippen LogP contribution in [0.2, 0.25) is 0 Å². The van der Waals surface area contributed by atoms with Gasteiger partial charge in [-0.2, -0.15) is 0 Å². The maximum atomic E-state index is 13.0. The highest BCUT2D eigenvalue weighted by Gasteiger charge is 2.25. The van der Waals surface area contributed by atoms with Gasteiger partial charge in [0.15, 0.2) is 11.5 Å². The van der Waals surface area contributed by atoms with Crippen LogP contribution in [0.1, 0.15) is 24.8 Å². The van der Waals surface area contributed by atoms with Gasteiger partial charge in [0.1, 0.15) is 13.2 Å². The van der Waals surface area contributed by atoms with E-state index in [1.165, 1.54) is 0 Å². The molecular weight excluding hydrogens is 402 g/mol. The van der Waals surface area contributed by atoms with Crippen LogP contribution >= 0.6 is 11.8 Å². The van der Waals surface area contributed by atoms with Crippen molar-refractivity contribution in [2.24, 2.45) is 0 Å². The van der Waals surface area contributed by atoms with Crippen LogP contribution in [0.3, 0.4) is 0 Å². The predicted molar refractivity (Wildman–Crippen MR) is 114 cm³/mol. The number of thioether (sulfide) groups is 1. The fourth-order valence-electron chi connectivity index (χ4n) is 3.57. The van der Waals surface area contributed by atoms with Crippen molar-refractivity contribution in [3.63, 3.8) is 0 Å². The molecule has 2 aromatic rings. The average molecular weight is 428 g/mol. The molecule has 1 aromatic heterocycles. The van der Waals surface area contributed by atoms with E-state index < -0.39 is 0 Å². The molecular formula is C22H25N3O4S. The Kier molecular flexibility index (Phi) is 6.74. The third-order valence-electron chi connectivity index (χ3n) is 5.10. The molecule has 2 aliphatic heterocycles. The van der Waals surface area contributed by atoms with Gasteiger partial charge >= 0.3 is 0 Å². The van der Waals surface area contributed by atoms with E-state index in [9.17, 15) is 9.59 Å². The topological polar surface area (TPSA) is 80.8 Å². The van der Waals surface area contributed by atoms with Gasteiger partial charge in [0.05, 0.1) is 0 Å². The molecule has 0 spiro atoms. The molecule has 0 radical (unpaired) electrons. The largest absolute Gasteiger partial charge is 0.486 e. The number of hydrogen-bond donors (Lipinski definition) is 1. The van der Waals surface area contributed by atoms with E-state index in [1.54, 1.807) is 24.2 Å². The third kappa shape index (κ3) is 5.44. The first-order valence-corrected chi connectivity index (χ1v) is 11.1. The zero-order chi connectivity index (χ0) is 20.8. The second-order valence-corrected chi connectivity index (χ2v) is 8.51. The summed E-state index contributed by atoms with van der Waals surface area (Å²) in [7, 11) is 0. The lowest BCUT2D eigenvalue weighted by atomic mass is 10.2. The standard InChI is InChI=1S/C22H25N3O4S/c26-21-4-1-17(24-21)15-25(14-16-5-8-23-9-6-16)22(27)7-12-30-18-2-3-19-20(13-18)29-11-10-28-19/h2-3,5-6,8-9,13,17H,1,4,7,10-12,14-15H2,(H,24,26)/t17-/m0/s1. The molecule has 2 aliphatic rings. The van der Waals surface area contributed by atoms with Gasteiger partial charge in [-0.1, -0.05) is 0 Å². The van der Waals surface area contributed by atoms with Crippen LogP contribution in [-0.2, 0) is 16.1 Å². The molecule has 158 valence electrons. The van der Waals surface area contributed by atoms with Gasteiger partial charge in [0.2, 0.25) is 11.8 Å². The Balaban J connectivity index is 1.34. The van der Waals surface area contributed by atoms with Crippen molar-refractivity contribution >= 4 is 23.6 Å². The number of fused-ring (bicyclic) bond motifs is 1. The van der Waals surface area contributed by atoms with Crippen LogP contribution in [0.5, 0.6) is 11.5 Å². The Morgan fingerprint density at radius 1 is 1.17 bits per heavy atom. The first kappa shape index (κ1) is 20.5. The Labute approximate surface area is 180 Å². The minimum atomic E-state index is 0.0220. The molecule has 1 N–H and O–H groups in total. The Morgan fingerprint density at radius 2 is 1.97 bits per heavy atom. The summed E-state index contributed by atoms with van der Waals surface area (Å²) in [5.74, 6) is 2.34. The highest BCUT2D eigenvalue weighted by molar-refractivity contribution is 7.99. The monoisotopic (exact) mass is 427 g/mol. The molecule has 1 aromatic carbocycles. The summed E-state index contributed by atoms with van der Waals surface area (Å²) in [5, 5.41) is 2.96. The summed E-state index contributed by atoms with van der Waals surface area (Å²) < 4.78 is 11.2. The first-order valence-electron chi connectivity index (χ1n) is 10.2. The van der Waals surface area contributed by atoms with Gasteiger partial charge in [-0.05, 0) is 42.3 Å². The van der Waals surface area contributed by atoms with E-state index in [0.29, 0.717) is 44.9 Å². The summed E-state index contributed by atoms with van der Waals surface area (Å²) in [4.78, 5) is 31.5. The summed E-state index contributed by atoms with van der Waals surface area (Å²) in [6, 6.07) is 9.72. The van der Waals surface area contributed by atoms with Gasteiger partial charge in [-0.3, -0.25) is 14.6 Å².